The third kappa shape index (κ3) is 15.1. The molecule has 0 aliphatic carbocycles. The Morgan fingerprint density at radius 3 is 1.62 bits per heavy atom. The zero-order valence-electron chi connectivity index (χ0n) is 8.91. The first-order valence-electron chi connectivity index (χ1n) is 4.53. The summed E-state index contributed by atoms with van der Waals surface area (Å²) in [5.74, 6) is 0.381. The van der Waals surface area contributed by atoms with Crippen molar-refractivity contribution in [3.8, 4) is 0 Å². The van der Waals surface area contributed by atoms with Gasteiger partial charge < -0.3 is 4.79 Å². The van der Waals surface area contributed by atoms with Crippen LogP contribution >= 0.6 is 0 Å². The second-order valence-electron chi connectivity index (χ2n) is 3.27. The minimum Gasteiger partial charge on any atom is -0.300 e. The van der Waals surface area contributed by atoms with E-state index in [1.165, 1.54) is 13.8 Å². The molecule has 0 unspecified atom stereocenters. The van der Waals surface area contributed by atoms with E-state index in [1.807, 2.05) is 30.3 Å². The van der Waals surface area contributed by atoms with Crippen LogP contribution in [0, 0.1) is 0 Å². The van der Waals surface area contributed by atoms with Crippen LogP contribution in [0.15, 0.2) is 30.3 Å². The van der Waals surface area contributed by atoms with Crippen molar-refractivity contribution in [3.63, 3.8) is 0 Å². The summed E-state index contributed by atoms with van der Waals surface area (Å²) in [5, 5.41) is 0. The van der Waals surface area contributed by atoms with Gasteiger partial charge >= 0.3 is 0 Å². The predicted molar refractivity (Wildman–Crippen MR) is 70.6 cm³/mol. The van der Waals surface area contributed by atoms with Crippen LogP contribution in [0.25, 0.3) is 0 Å². The number of Topliss-reactive ketones (excluding diaryl/α,β-unsaturated/α-hetero) is 2. The first-order valence-corrected chi connectivity index (χ1v) is 4.53. The molecule has 2 heteroatoms. The van der Waals surface area contributed by atoms with Crippen molar-refractivity contribution in [2.45, 2.75) is 42.0 Å². The van der Waals surface area contributed by atoms with Gasteiger partial charge in [-0.25, -0.2) is 0 Å². The molecule has 16 heavy (non-hydrogen) atoms. The first-order chi connectivity index (χ1) is 6.52. The lowest BCUT2D eigenvalue weighted by Gasteiger charge is -1.93. The van der Waals surface area contributed by atoms with E-state index in [4.69, 9.17) is 0 Å². The van der Waals surface area contributed by atoms with Crippen LogP contribution in [0.4, 0.5) is 0 Å². The summed E-state index contributed by atoms with van der Waals surface area (Å²) in [4.78, 5) is 20.1. The van der Waals surface area contributed by atoms with Crippen molar-refractivity contribution in [2.24, 2.45) is 0 Å². The minimum atomic E-state index is 0. The molecule has 0 aromatic heterocycles. The maximum atomic E-state index is 10.6. The van der Waals surface area contributed by atoms with Gasteiger partial charge in [0, 0.05) is 6.42 Å². The van der Waals surface area contributed by atoms with Crippen LogP contribution in [0.2, 0.25) is 0 Å². The fraction of sp³-hybridized carbons (Fsp3) is 0.429. The Kier molecular flexibility index (Phi) is 14.6. The molecule has 0 heterocycles. The zero-order chi connectivity index (χ0) is 11.0. The summed E-state index contributed by atoms with van der Waals surface area (Å²) in [6.45, 7) is 4.66. The van der Waals surface area contributed by atoms with Gasteiger partial charge in [0.2, 0.25) is 0 Å². The molecular weight excluding hydrogens is 200 g/mol. The molecule has 0 saturated carbocycles. The van der Waals surface area contributed by atoms with Crippen molar-refractivity contribution in [2.75, 3.05) is 0 Å². The Morgan fingerprint density at radius 2 is 1.31 bits per heavy atom. The summed E-state index contributed by atoms with van der Waals surface area (Å²) >= 11 is 0. The average Bonchev–Trinajstić information content (AvgIpc) is 2.03. The van der Waals surface area contributed by atoms with E-state index < -0.39 is 0 Å². The minimum absolute atomic E-state index is 0. The largest absolute Gasteiger partial charge is 0.300 e. The van der Waals surface area contributed by atoms with Crippen molar-refractivity contribution < 1.29 is 9.59 Å². The normalized spacial score (nSPS) is 7.44. The lowest BCUT2D eigenvalue weighted by molar-refractivity contribution is -0.116. The molecule has 0 fully saturated rings. The van der Waals surface area contributed by atoms with E-state index in [0.29, 0.717) is 6.42 Å². The van der Waals surface area contributed by atoms with Gasteiger partial charge in [-0.3, -0.25) is 4.79 Å². The van der Waals surface area contributed by atoms with Crippen molar-refractivity contribution in [1.29, 1.82) is 0 Å². The van der Waals surface area contributed by atoms with Gasteiger partial charge in [0.1, 0.15) is 11.6 Å². The fourth-order valence-corrected chi connectivity index (χ4v) is 0.883. The van der Waals surface area contributed by atoms with E-state index in [1.54, 1.807) is 6.92 Å². The van der Waals surface area contributed by atoms with E-state index in [9.17, 15) is 9.59 Å². The Bertz CT molecular complexity index is 285. The highest BCUT2D eigenvalue weighted by Gasteiger charge is 1.93. The Hall–Kier alpha value is -1.44. The molecule has 2 nitrogen and oxygen atoms in total. The summed E-state index contributed by atoms with van der Waals surface area (Å²) < 4.78 is 0. The fourth-order valence-electron chi connectivity index (χ4n) is 0.883. The van der Waals surface area contributed by atoms with Gasteiger partial charge in [-0.2, -0.15) is 0 Å². The standard InChI is InChI=1S/C9H10O.C3H6O.2CH4/c1-8(10)7-9-5-3-2-4-6-9;1-3(2)4;;/h2-6H,7H2,1H3;1-2H3;2*1H4. The molecule has 0 saturated heterocycles. The van der Waals surface area contributed by atoms with E-state index >= 15 is 0 Å². The molecule has 0 aliphatic rings. The highest BCUT2D eigenvalue weighted by Crippen LogP contribution is 1.98. The number of carbonyl (C=O) groups is 2. The molecule has 0 aliphatic heterocycles. The number of benzene rings is 1. The van der Waals surface area contributed by atoms with E-state index in [-0.39, 0.29) is 26.4 Å². The van der Waals surface area contributed by atoms with E-state index in [2.05, 4.69) is 0 Å². The van der Waals surface area contributed by atoms with Gasteiger partial charge in [0.25, 0.3) is 0 Å². The summed E-state index contributed by atoms with van der Waals surface area (Å²) in [7, 11) is 0. The summed E-state index contributed by atoms with van der Waals surface area (Å²) in [5.41, 5.74) is 1.09. The molecule has 0 N–H and O–H groups in total. The van der Waals surface area contributed by atoms with E-state index in [0.717, 1.165) is 5.56 Å². The summed E-state index contributed by atoms with van der Waals surface area (Å²) in [6.07, 6.45) is 0.556. The van der Waals surface area contributed by atoms with Gasteiger partial charge in [0.05, 0.1) is 0 Å². The molecule has 1 aromatic carbocycles. The average molecular weight is 224 g/mol. The Balaban J connectivity index is -0.000000249. The monoisotopic (exact) mass is 224 g/mol. The molecular formula is C14H24O2. The quantitative estimate of drug-likeness (QED) is 0.767. The van der Waals surface area contributed by atoms with Crippen LogP contribution in [0.1, 0.15) is 41.2 Å². The molecule has 0 radical (unpaired) electrons. The highest BCUT2D eigenvalue weighted by atomic mass is 16.1. The van der Waals surface area contributed by atoms with Crippen molar-refractivity contribution >= 4 is 11.6 Å². The SMILES string of the molecule is C.C.CC(=O)Cc1ccccc1.CC(C)=O. The van der Waals surface area contributed by atoms with Crippen LogP contribution < -0.4 is 0 Å². The topological polar surface area (TPSA) is 34.1 Å². The Labute approximate surface area is 99.7 Å². The van der Waals surface area contributed by atoms with Crippen LogP contribution in [0.3, 0.4) is 0 Å². The van der Waals surface area contributed by atoms with Gasteiger partial charge in [0.15, 0.2) is 0 Å². The van der Waals surface area contributed by atoms with Crippen LogP contribution in [-0.2, 0) is 16.0 Å². The molecule has 1 rings (SSSR count). The predicted octanol–water partition coefficient (Wildman–Crippen LogP) is 3.69. The Morgan fingerprint density at radius 1 is 0.938 bits per heavy atom. The van der Waals surface area contributed by atoms with Gasteiger partial charge in [-0.15, -0.1) is 0 Å². The van der Waals surface area contributed by atoms with Crippen LogP contribution in [-0.4, -0.2) is 11.6 Å². The smallest absolute Gasteiger partial charge is 0.134 e. The number of carbonyl (C=O) groups excluding carboxylic acids is 2. The lowest BCUT2D eigenvalue weighted by atomic mass is 10.1. The third-order valence-corrected chi connectivity index (χ3v) is 1.30. The molecule has 1 aromatic rings. The molecule has 0 spiro atoms. The van der Waals surface area contributed by atoms with Crippen molar-refractivity contribution in [1.82, 2.24) is 0 Å². The molecule has 0 atom stereocenters. The molecule has 0 bridgehead atoms. The van der Waals surface area contributed by atoms with Crippen LogP contribution in [0.5, 0.6) is 0 Å². The number of ketones is 2. The first kappa shape index (κ1) is 20.0. The molecule has 0 amide bonds. The number of hydrogen-bond donors (Lipinski definition) is 0. The maximum Gasteiger partial charge on any atom is 0.134 e. The number of rotatable bonds is 2. The molecule has 92 valence electrons. The second-order valence-corrected chi connectivity index (χ2v) is 3.27. The third-order valence-electron chi connectivity index (χ3n) is 1.30. The maximum absolute atomic E-state index is 10.6. The number of hydrogen-bond acceptors (Lipinski definition) is 2. The summed E-state index contributed by atoms with van der Waals surface area (Å²) in [6, 6.07) is 9.75. The van der Waals surface area contributed by atoms with Gasteiger partial charge in [-0.05, 0) is 26.3 Å². The lowest BCUT2D eigenvalue weighted by Crippen LogP contribution is -1.94. The van der Waals surface area contributed by atoms with Gasteiger partial charge in [-0.1, -0.05) is 45.2 Å². The highest BCUT2D eigenvalue weighted by molar-refractivity contribution is 5.78. The van der Waals surface area contributed by atoms with Crippen molar-refractivity contribution in [3.05, 3.63) is 35.9 Å². The second kappa shape index (κ2) is 11.6. The zero-order valence-corrected chi connectivity index (χ0v) is 8.91.